The highest BCUT2D eigenvalue weighted by Gasteiger charge is 2.20. The minimum absolute atomic E-state index is 0.0993. The van der Waals surface area contributed by atoms with Crippen molar-refractivity contribution in [3.05, 3.63) is 30.1 Å². The van der Waals surface area contributed by atoms with Gasteiger partial charge in [-0.1, -0.05) is 25.8 Å². The zero-order chi connectivity index (χ0) is 15.7. The van der Waals surface area contributed by atoms with Crippen LogP contribution in [-0.4, -0.2) is 43.0 Å². The van der Waals surface area contributed by atoms with Crippen molar-refractivity contribution in [2.24, 2.45) is 0 Å². The molecule has 0 spiro atoms. The first-order chi connectivity index (χ1) is 9.93. The predicted molar refractivity (Wildman–Crippen MR) is 82.0 cm³/mol. The molecule has 118 valence electrons. The fourth-order valence-corrected chi connectivity index (χ4v) is 2.50. The Labute approximate surface area is 126 Å². The summed E-state index contributed by atoms with van der Waals surface area (Å²) in [6.07, 6.45) is 5.72. The first-order valence-electron chi connectivity index (χ1n) is 7.05. The van der Waals surface area contributed by atoms with Crippen LogP contribution in [0.15, 0.2) is 24.4 Å². The molecule has 1 aromatic rings. The minimum Gasteiger partial charge on any atom is -0.355 e. The molecule has 21 heavy (non-hydrogen) atoms. The zero-order valence-corrected chi connectivity index (χ0v) is 13.4. The lowest BCUT2D eigenvalue weighted by molar-refractivity contribution is -0.121. The number of amides is 1. The standard InChI is InChI=1S/C14H23N3O3S/c1-3-4-6-10-16-14(18)12-17(21(2,19)20)11-13-8-5-7-9-15-13/h5,7-9H,3-4,6,10-12H2,1-2H3,(H,16,18). The van der Waals surface area contributed by atoms with Gasteiger partial charge in [0.2, 0.25) is 15.9 Å². The Morgan fingerprint density at radius 2 is 2.10 bits per heavy atom. The van der Waals surface area contributed by atoms with E-state index >= 15 is 0 Å². The molecule has 0 unspecified atom stereocenters. The Morgan fingerprint density at radius 3 is 2.67 bits per heavy atom. The van der Waals surface area contributed by atoms with Crippen molar-refractivity contribution in [1.82, 2.24) is 14.6 Å². The molecule has 0 saturated heterocycles. The molecule has 0 aliphatic heterocycles. The van der Waals surface area contributed by atoms with Gasteiger partial charge in [0.15, 0.2) is 0 Å². The molecule has 1 aromatic heterocycles. The van der Waals surface area contributed by atoms with Crippen molar-refractivity contribution in [3.63, 3.8) is 0 Å². The molecule has 0 bridgehead atoms. The molecule has 0 aromatic carbocycles. The van der Waals surface area contributed by atoms with Gasteiger partial charge in [-0.05, 0) is 18.6 Å². The van der Waals surface area contributed by atoms with Gasteiger partial charge in [-0.15, -0.1) is 0 Å². The average Bonchev–Trinajstić information content (AvgIpc) is 2.43. The van der Waals surface area contributed by atoms with Crippen LogP contribution >= 0.6 is 0 Å². The number of hydrogen-bond acceptors (Lipinski definition) is 4. The molecule has 0 radical (unpaired) electrons. The molecule has 1 N–H and O–H groups in total. The molecule has 0 aliphatic carbocycles. The van der Waals surface area contributed by atoms with Gasteiger partial charge in [-0.3, -0.25) is 9.78 Å². The molecule has 6 nitrogen and oxygen atoms in total. The van der Waals surface area contributed by atoms with Crippen LogP contribution in [0.4, 0.5) is 0 Å². The van der Waals surface area contributed by atoms with Crippen LogP contribution in [-0.2, 0) is 21.4 Å². The van der Waals surface area contributed by atoms with Gasteiger partial charge in [0.05, 0.1) is 25.0 Å². The number of unbranched alkanes of at least 4 members (excludes halogenated alkanes) is 2. The third-order valence-corrected chi connectivity index (χ3v) is 4.15. The lowest BCUT2D eigenvalue weighted by Crippen LogP contribution is -2.40. The molecule has 1 heterocycles. The Balaban J connectivity index is 2.57. The molecule has 7 heteroatoms. The quantitative estimate of drug-likeness (QED) is 0.694. The molecule has 0 saturated carbocycles. The van der Waals surface area contributed by atoms with E-state index < -0.39 is 10.0 Å². The van der Waals surface area contributed by atoms with Crippen LogP contribution in [0.3, 0.4) is 0 Å². The normalized spacial score (nSPS) is 11.6. The number of hydrogen-bond donors (Lipinski definition) is 1. The summed E-state index contributed by atoms with van der Waals surface area (Å²) in [6.45, 7) is 2.58. The maximum Gasteiger partial charge on any atom is 0.235 e. The highest BCUT2D eigenvalue weighted by molar-refractivity contribution is 7.88. The summed E-state index contributed by atoms with van der Waals surface area (Å²) in [7, 11) is -3.46. The van der Waals surface area contributed by atoms with Crippen molar-refractivity contribution in [2.45, 2.75) is 32.7 Å². The second-order valence-electron chi connectivity index (χ2n) is 4.91. The van der Waals surface area contributed by atoms with Gasteiger partial charge in [-0.25, -0.2) is 8.42 Å². The van der Waals surface area contributed by atoms with Crippen LogP contribution in [0.5, 0.6) is 0 Å². The molecule has 1 amide bonds. The van der Waals surface area contributed by atoms with Crippen molar-refractivity contribution in [3.8, 4) is 0 Å². The Kier molecular flexibility index (Phi) is 7.31. The molecular weight excluding hydrogens is 290 g/mol. The van der Waals surface area contributed by atoms with Crippen molar-refractivity contribution >= 4 is 15.9 Å². The second kappa shape index (κ2) is 8.74. The van der Waals surface area contributed by atoms with E-state index in [4.69, 9.17) is 0 Å². The number of pyridine rings is 1. The fourth-order valence-electron chi connectivity index (χ4n) is 1.78. The molecule has 0 aliphatic rings. The van der Waals surface area contributed by atoms with E-state index in [9.17, 15) is 13.2 Å². The largest absolute Gasteiger partial charge is 0.355 e. The predicted octanol–water partition coefficient (Wildman–Crippen LogP) is 1.15. The number of nitrogens with one attached hydrogen (secondary N) is 1. The number of carbonyl (C=O) groups excluding carboxylic acids is 1. The zero-order valence-electron chi connectivity index (χ0n) is 12.6. The average molecular weight is 313 g/mol. The maximum absolute atomic E-state index is 11.8. The molecular formula is C14H23N3O3S. The summed E-state index contributed by atoms with van der Waals surface area (Å²) in [4.78, 5) is 15.9. The lowest BCUT2D eigenvalue weighted by atomic mass is 10.2. The van der Waals surface area contributed by atoms with Crippen LogP contribution in [0.25, 0.3) is 0 Å². The molecule has 1 rings (SSSR count). The smallest absolute Gasteiger partial charge is 0.235 e. The third-order valence-electron chi connectivity index (χ3n) is 2.96. The first-order valence-corrected chi connectivity index (χ1v) is 8.90. The van der Waals surface area contributed by atoms with Crippen LogP contribution in [0.2, 0.25) is 0 Å². The highest BCUT2D eigenvalue weighted by Crippen LogP contribution is 2.05. The number of aromatic nitrogens is 1. The molecule has 0 fully saturated rings. The van der Waals surface area contributed by atoms with E-state index in [2.05, 4.69) is 17.2 Å². The van der Waals surface area contributed by atoms with E-state index in [0.717, 1.165) is 29.8 Å². The summed E-state index contributed by atoms with van der Waals surface area (Å²) >= 11 is 0. The third kappa shape index (κ3) is 7.19. The molecule has 0 atom stereocenters. The summed E-state index contributed by atoms with van der Waals surface area (Å²) in [5.41, 5.74) is 0.613. The van der Waals surface area contributed by atoms with E-state index in [-0.39, 0.29) is 19.0 Å². The first kappa shape index (κ1) is 17.6. The Morgan fingerprint density at radius 1 is 1.33 bits per heavy atom. The summed E-state index contributed by atoms with van der Waals surface area (Å²) in [5, 5.41) is 2.74. The number of carbonyl (C=O) groups is 1. The van der Waals surface area contributed by atoms with E-state index in [1.165, 1.54) is 0 Å². The van der Waals surface area contributed by atoms with Gasteiger partial charge in [0.1, 0.15) is 0 Å². The number of rotatable bonds is 9. The van der Waals surface area contributed by atoms with Crippen molar-refractivity contribution < 1.29 is 13.2 Å². The monoisotopic (exact) mass is 313 g/mol. The Bertz CT molecular complexity index is 532. The van der Waals surface area contributed by atoms with Gasteiger partial charge in [-0.2, -0.15) is 4.31 Å². The van der Waals surface area contributed by atoms with Crippen LogP contribution < -0.4 is 5.32 Å². The van der Waals surface area contributed by atoms with Crippen LogP contribution in [0, 0.1) is 0 Å². The maximum atomic E-state index is 11.8. The number of sulfonamides is 1. The van der Waals surface area contributed by atoms with Crippen molar-refractivity contribution in [2.75, 3.05) is 19.3 Å². The van der Waals surface area contributed by atoms with E-state index in [0.29, 0.717) is 12.2 Å². The summed E-state index contributed by atoms with van der Waals surface area (Å²) in [6, 6.07) is 5.28. The van der Waals surface area contributed by atoms with E-state index in [1.54, 1.807) is 24.4 Å². The lowest BCUT2D eigenvalue weighted by Gasteiger charge is -2.19. The van der Waals surface area contributed by atoms with Gasteiger partial charge in [0.25, 0.3) is 0 Å². The number of nitrogens with zero attached hydrogens (tertiary/aromatic N) is 2. The topological polar surface area (TPSA) is 79.4 Å². The second-order valence-corrected chi connectivity index (χ2v) is 6.89. The fraction of sp³-hybridized carbons (Fsp3) is 0.571. The summed E-state index contributed by atoms with van der Waals surface area (Å²) < 4.78 is 24.7. The van der Waals surface area contributed by atoms with Gasteiger partial charge < -0.3 is 5.32 Å². The van der Waals surface area contributed by atoms with Crippen LogP contribution in [0.1, 0.15) is 31.9 Å². The Hall–Kier alpha value is -1.47. The van der Waals surface area contributed by atoms with Gasteiger partial charge in [0, 0.05) is 12.7 Å². The highest BCUT2D eigenvalue weighted by atomic mass is 32.2. The minimum atomic E-state index is -3.46. The van der Waals surface area contributed by atoms with Crippen molar-refractivity contribution in [1.29, 1.82) is 0 Å². The van der Waals surface area contributed by atoms with E-state index in [1.807, 2.05) is 0 Å². The SMILES string of the molecule is CCCCCNC(=O)CN(Cc1ccccn1)S(C)(=O)=O. The van der Waals surface area contributed by atoms with Gasteiger partial charge >= 0.3 is 0 Å². The summed E-state index contributed by atoms with van der Waals surface area (Å²) in [5.74, 6) is -0.285.